The second-order valence-corrected chi connectivity index (χ2v) is 10.2. The predicted molar refractivity (Wildman–Crippen MR) is 114 cm³/mol. The molecule has 1 aliphatic rings. The molecule has 0 aliphatic carbocycles. The number of sulfone groups is 1. The minimum atomic E-state index is -3.62. The molecule has 1 saturated heterocycles. The van der Waals surface area contributed by atoms with Crippen molar-refractivity contribution < 1.29 is 13.2 Å². The van der Waals surface area contributed by atoms with Crippen molar-refractivity contribution in [1.29, 1.82) is 0 Å². The van der Waals surface area contributed by atoms with Crippen LogP contribution in [0.1, 0.15) is 25.8 Å². The number of rotatable bonds is 6. The van der Waals surface area contributed by atoms with Crippen LogP contribution in [-0.4, -0.2) is 24.9 Å². The fraction of sp³-hybridized carbons (Fsp3) is 0.304. The first-order chi connectivity index (χ1) is 13.2. The lowest BCUT2D eigenvalue weighted by atomic mass is 9.96. The monoisotopic (exact) mass is 416 g/mol. The van der Waals surface area contributed by atoms with E-state index in [0.29, 0.717) is 17.9 Å². The molecule has 2 aromatic carbocycles. The Morgan fingerprint density at radius 2 is 1.79 bits per heavy atom. The lowest BCUT2D eigenvalue weighted by Crippen LogP contribution is -2.39. The summed E-state index contributed by atoms with van der Waals surface area (Å²) in [4.78, 5) is 0.251. The molecule has 0 saturated carbocycles. The Balaban J connectivity index is 1.94. The third-order valence-electron chi connectivity index (χ3n) is 5.28. The molecule has 3 rings (SSSR count). The van der Waals surface area contributed by atoms with Gasteiger partial charge in [0.2, 0.25) is 0 Å². The molecule has 5 heteroatoms. The van der Waals surface area contributed by atoms with Gasteiger partial charge in [-0.15, -0.1) is 6.58 Å². The predicted octanol–water partition coefficient (Wildman–Crippen LogP) is 5.40. The van der Waals surface area contributed by atoms with Crippen molar-refractivity contribution in [3.63, 3.8) is 0 Å². The number of hydrogen-bond acceptors (Lipinski definition) is 3. The first kappa shape index (κ1) is 20.8. The second-order valence-electron chi connectivity index (χ2n) is 7.59. The van der Waals surface area contributed by atoms with Gasteiger partial charge in [0, 0.05) is 5.02 Å². The molecule has 28 heavy (non-hydrogen) atoms. The van der Waals surface area contributed by atoms with Gasteiger partial charge in [0.05, 0.1) is 10.5 Å². The van der Waals surface area contributed by atoms with Gasteiger partial charge in [-0.2, -0.15) is 0 Å². The van der Waals surface area contributed by atoms with E-state index in [1.54, 1.807) is 30.3 Å². The van der Waals surface area contributed by atoms with E-state index in [4.69, 9.17) is 16.3 Å². The third-order valence-corrected chi connectivity index (χ3v) is 7.84. The van der Waals surface area contributed by atoms with Crippen LogP contribution in [0.3, 0.4) is 0 Å². The fourth-order valence-electron chi connectivity index (χ4n) is 3.70. The molecule has 0 spiro atoms. The molecule has 2 aromatic rings. The number of allylic oxidation sites excluding steroid dienone is 1. The van der Waals surface area contributed by atoms with Gasteiger partial charge in [-0.1, -0.05) is 60.2 Å². The summed E-state index contributed by atoms with van der Waals surface area (Å²) in [5.41, 5.74) is -0.518. The third kappa shape index (κ3) is 4.24. The normalized spacial score (nSPS) is 27.9. The van der Waals surface area contributed by atoms with E-state index in [1.807, 2.05) is 56.3 Å². The summed E-state index contributed by atoms with van der Waals surface area (Å²) in [5, 5.41) is -0.223. The lowest BCUT2D eigenvalue weighted by molar-refractivity contribution is -0.0298. The summed E-state index contributed by atoms with van der Waals surface area (Å²) in [7, 11) is -3.62. The van der Waals surface area contributed by atoms with Crippen LogP contribution in [-0.2, 0) is 21.0 Å². The minimum absolute atomic E-state index is 0.251. The van der Waals surface area contributed by atoms with E-state index in [2.05, 4.69) is 6.58 Å². The van der Waals surface area contributed by atoms with E-state index in [-0.39, 0.29) is 4.90 Å². The average Bonchev–Trinajstić information content (AvgIpc) is 2.95. The molecule has 0 N–H and O–H groups in total. The molecule has 1 fully saturated rings. The minimum Gasteiger partial charge on any atom is -0.360 e. The van der Waals surface area contributed by atoms with Crippen LogP contribution in [0.15, 0.2) is 84.3 Å². The lowest BCUT2D eigenvalue weighted by Gasteiger charge is -2.28. The van der Waals surface area contributed by atoms with E-state index in [9.17, 15) is 8.42 Å². The summed E-state index contributed by atoms with van der Waals surface area (Å²) in [6.07, 6.45) is 6.60. The number of halogens is 1. The van der Waals surface area contributed by atoms with Crippen LogP contribution >= 0.6 is 11.6 Å². The highest BCUT2D eigenvalue weighted by atomic mass is 35.5. The summed E-state index contributed by atoms with van der Waals surface area (Å²) in [6.45, 7) is 7.56. The SMILES string of the molecule is C=C[C@]1(C)C[C@H](S(=O)(=O)c2ccc(Cl)cc2)[C@](C)(/C=C/Cc2ccccc2)O1. The highest BCUT2D eigenvalue weighted by molar-refractivity contribution is 7.92. The van der Waals surface area contributed by atoms with Gasteiger partial charge in [-0.3, -0.25) is 0 Å². The van der Waals surface area contributed by atoms with E-state index in [1.165, 1.54) is 0 Å². The van der Waals surface area contributed by atoms with Gasteiger partial charge in [-0.25, -0.2) is 8.42 Å². The molecule has 1 aliphatic heterocycles. The zero-order chi connectivity index (χ0) is 20.4. The molecular weight excluding hydrogens is 392 g/mol. The number of hydrogen-bond donors (Lipinski definition) is 0. The zero-order valence-electron chi connectivity index (χ0n) is 16.1. The van der Waals surface area contributed by atoms with Gasteiger partial charge in [0.1, 0.15) is 10.9 Å². The smallest absolute Gasteiger partial charge is 0.184 e. The van der Waals surface area contributed by atoms with E-state index < -0.39 is 26.3 Å². The van der Waals surface area contributed by atoms with Crippen LogP contribution in [0.5, 0.6) is 0 Å². The Morgan fingerprint density at radius 3 is 2.39 bits per heavy atom. The molecule has 0 unspecified atom stereocenters. The number of ether oxygens (including phenoxy) is 1. The topological polar surface area (TPSA) is 43.4 Å². The van der Waals surface area contributed by atoms with Crippen LogP contribution in [0.2, 0.25) is 5.02 Å². The molecule has 0 aromatic heterocycles. The zero-order valence-corrected chi connectivity index (χ0v) is 17.7. The second kappa shape index (κ2) is 7.86. The maximum Gasteiger partial charge on any atom is 0.184 e. The van der Waals surface area contributed by atoms with Crippen molar-refractivity contribution in [1.82, 2.24) is 0 Å². The molecule has 0 amide bonds. The van der Waals surface area contributed by atoms with Crippen molar-refractivity contribution in [2.45, 2.75) is 48.0 Å². The quantitative estimate of drug-likeness (QED) is 0.591. The van der Waals surface area contributed by atoms with E-state index in [0.717, 1.165) is 5.56 Å². The van der Waals surface area contributed by atoms with Gasteiger partial charge in [0.25, 0.3) is 0 Å². The molecular formula is C23H25ClO3S. The van der Waals surface area contributed by atoms with Crippen LogP contribution in [0, 0.1) is 0 Å². The molecule has 0 bridgehead atoms. The van der Waals surface area contributed by atoms with Crippen molar-refractivity contribution in [2.75, 3.05) is 0 Å². The van der Waals surface area contributed by atoms with Crippen molar-refractivity contribution in [2.24, 2.45) is 0 Å². The first-order valence-corrected chi connectivity index (χ1v) is 11.2. The Kier molecular flexibility index (Phi) is 5.85. The molecule has 148 valence electrons. The summed E-state index contributed by atoms with van der Waals surface area (Å²) >= 11 is 5.93. The fourth-order valence-corrected chi connectivity index (χ4v) is 5.96. The van der Waals surface area contributed by atoms with Crippen molar-refractivity contribution in [3.8, 4) is 0 Å². The van der Waals surface area contributed by atoms with Gasteiger partial charge < -0.3 is 4.74 Å². The average molecular weight is 417 g/mol. The standard InChI is InChI=1S/C23H25ClO3S/c1-4-22(2)17-21(28(25,26)20-14-12-19(24)13-15-20)23(3,27-22)16-8-11-18-9-6-5-7-10-18/h4-10,12-16,21H,1,11,17H2,2-3H3/b16-8+/t21-,22+,23-/m0/s1. The van der Waals surface area contributed by atoms with Gasteiger partial charge in [0.15, 0.2) is 9.84 Å². The van der Waals surface area contributed by atoms with Gasteiger partial charge >= 0.3 is 0 Å². The molecule has 0 radical (unpaired) electrons. The first-order valence-electron chi connectivity index (χ1n) is 9.23. The molecule has 1 heterocycles. The molecule has 3 atom stereocenters. The van der Waals surface area contributed by atoms with Crippen molar-refractivity contribution >= 4 is 21.4 Å². The summed E-state index contributed by atoms with van der Waals surface area (Å²) < 4.78 is 33.1. The van der Waals surface area contributed by atoms with Crippen molar-refractivity contribution in [3.05, 3.63) is 90.0 Å². The Bertz CT molecular complexity index is 967. The van der Waals surface area contributed by atoms with Crippen LogP contribution < -0.4 is 0 Å². The highest BCUT2D eigenvalue weighted by Gasteiger charge is 2.54. The Hall–Kier alpha value is -1.88. The summed E-state index contributed by atoms with van der Waals surface area (Å²) in [5.74, 6) is 0. The largest absolute Gasteiger partial charge is 0.360 e. The number of benzene rings is 2. The molecule has 3 nitrogen and oxygen atoms in total. The van der Waals surface area contributed by atoms with E-state index >= 15 is 0 Å². The van der Waals surface area contributed by atoms with Crippen LogP contribution in [0.4, 0.5) is 0 Å². The Labute approximate surface area is 172 Å². The highest BCUT2D eigenvalue weighted by Crippen LogP contribution is 2.45. The van der Waals surface area contributed by atoms with Crippen LogP contribution in [0.25, 0.3) is 0 Å². The Morgan fingerprint density at radius 1 is 1.14 bits per heavy atom. The summed E-state index contributed by atoms with van der Waals surface area (Å²) in [6, 6.07) is 16.3. The van der Waals surface area contributed by atoms with Gasteiger partial charge in [-0.05, 0) is 56.5 Å². The maximum absolute atomic E-state index is 13.4. The maximum atomic E-state index is 13.4.